The van der Waals surface area contributed by atoms with Gasteiger partial charge in [-0.2, -0.15) is 0 Å². The Bertz CT molecular complexity index is 519. The number of anilines is 1. The number of halogens is 1. The highest BCUT2D eigenvalue weighted by Crippen LogP contribution is 2.17. The number of nitrogens with one attached hydrogen (secondary N) is 3. The van der Waals surface area contributed by atoms with Gasteiger partial charge in [0.25, 0.3) is 5.91 Å². The summed E-state index contributed by atoms with van der Waals surface area (Å²) >= 11 is 0. The summed E-state index contributed by atoms with van der Waals surface area (Å²) in [6.45, 7) is 5.22. The van der Waals surface area contributed by atoms with Crippen LogP contribution in [-0.2, 0) is 14.3 Å². The van der Waals surface area contributed by atoms with Crippen LogP contribution in [0.5, 0.6) is 0 Å². The molecule has 1 aliphatic heterocycles. The van der Waals surface area contributed by atoms with Crippen molar-refractivity contribution < 1.29 is 14.3 Å². The molecule has 0 bridgehead atoms. The molecule has 1 aliphatic rings. The number of rotatable bonds is 4. The molecule has 122 valence electrons. The summed E-state index contributed by atoms with van der Waals surface area (Å²) in [7, 11) is 0. The third kappa shape index (κ3) is 5.29. The van der Waals surface area contributed by atoms with Crippen LogP contribution in [-0.4, -0.2) is 37.6 Å². The van der Waals surface area contributed by atoms with Crippen LogP contribution in [0.1, 0.15) is 25.5 Å². The lowest BCUT2D eigenvalue weighted by molar-refractivity contribution is -0.134. The van der Waals surface area contributed by atoms with Gasteiger partial charge in [0.15, 0.2) is 0 Å². The Labute approximate surface area is 136 Å². The molecule has 1 aromatic carbocycles. The lowest BCUT2D eigenvalue weighted by atomic mass is 10.1. The van der Waals surface area contributed by atoms with Crippen molar-refractivity contribution in [3.8, 4) is 0 Å². The average molecular weight is 328 g/mol. The Morgan fingerprint density at radius 2 is 2.18 bits per heavy atom. The molecule has 3 N–H and O–H groups in total. The zero-order valence-electron chi connectivity index (χ0n) is 12.7. The van der Waals surface area contributed by atoms with E-state index in [4.69, 9.17) is 4.74 Å². The molecule has 7 heteroatoms. The molecule has 0 spiro atoms. The lowest BCUT2D eigenvalue weighted by Gasteiger charge is -2.24. The van der Waals surface area contributed by atoms with Crippen molar-refractivity contribution >= 4 is 29.9 Å². The molecule has 1 saturated heterocycles. The van der Waals surface area contributed by atoms with Gasteiger partial charge in [-0.3, -0.25) is 9.59 Å². The molecular weight excluding hydrogens is 306 g/mol. The normalized spacial score (nSPS) is 18.7. The largest absolute Gasteiger partial charge is 0.366 e. The topological polar surface area (TPSA) is 79.5 Å². The standard InChI is InChI=1S/C15H21N3O3.ClH/c1-10(17-15(20)14-9-16-6-7-21-14)12-4-3-5-13(8-12)18-11(2)19;/h3-5,8,10,14,16H,6-7,9H2,1-2H3,(H,17,20)(H,18,19);1H. The van der Waals surface area contributed by atoms with Crippen molar-refractivity contribution in [1.82, 2.24) is 10.6 Å². The molecule has 1 fully saturated rings. The van der Waals surface area contributed by atoms with Gasteiger partial charge < -0.3 is 20.7 Å². The molecule has 2 unspecified atom stereocenters. The molecule has 1 aromatic rings. The second-order valence-corrected chi connectivity index (χ2v) is 5.10. The average Bonchev–Trinajstić information content (AvgIpc) is 2.47. The first-order chi connectivity index (χ1) is 10.1. The summed E-state index contributed by atoms with van der Waals surface area (Å²) < 4.78 is 5.42. The highest BCUT2D eigenvalue weighted by molar-refractivity contribution is 5.88. The Hall–Kier alpha value is -1.63. The first-order valence-corrected chi connectivity index (χ1v) is 7.06. The van der Waals surface area contributed by atoms with Crippen molar-refractivity contribution in [3.63, 3.8) is 0 Å². The fourth-order valence-corrected chi connectivity index (χ4v) is 2.21. The van der Waals surface area contributed by atoms with Crippen molar-refractivity contribution in [1.29, 1.82) is 0 Å². The number of carbonyl (C=O) groups is 2. The van der Waals surface area contributed by atoms with Gasteiger partial charge in [0.1, 0.15) is 6.10 Å². The van der Waals surface area contributed by atoms with Crippen LogP contribution in [0, 0.1) is 0 Å². The van der Waals surface area contributed by atoms with E-state index in [9.17, 15) is 9.59 Å². The van der Waals surface area contributed by atoms with E-state index in [1.807, 2.05) is 31.2 Å². The van der Waals surface area contributed by atoms with Crippen LogP contribution in [0.4, 0.5) is 5.69 Å². The maximum Gasteiger partial charge on any atom is 0.250 e. The predicted molar refractivity (Wildman–Crippen MR) is 87.2 cm³/mol. The van der Waals surface area contributed by atoms with Crippen molar-refractivity contribution in [2.24, 2.45) is 0 Å². The third-order valence-electron chi connectivity index (χ3n) is 3.29. The highest BCUT2D eigenvalue weighted by atomic mass is 35.5. The third-order valence-corrected chi connectivity index (χ3v) is 3.29. The quantitative estimate of drug-likeness (QED) is 0.777. The van der Waals surface area contributed by atoms with Gasteiger partial charge in [-0.25, -0.2) is 0 Å². The van der Waals surface area contributed by atoms with E-state index < -0.39 is 6.10 Å². The molecule has 6 nitrogen and oxygen atoms in total. The molecule has 1 heterocycles. The Balaban J connectivity index is 0.00000242. The minimum absolute atomic E-state index is 0. The second-order valence-electron chi connectivity index (χ2n) is 5.10. The Morgan fingerprint density at radius 1 is 1.41 bits per heavy atom. The SMILES string of the molecule is CC(=O)Nc1cccc(C(C)NC(=O)C2CNCCO2)c1.Cl. The number of ether oxygens (including phenoxy) is 1. The van der Waals surface area contributed by atoms with Crippen molar-refractivity contribution in [3.05, 3.63) is 29.8 Å². The van der Waals surface area contributed by atoms with E-state index in [1.165, 1.54) is 6.92 Å². The van der Waals surface area contributed by atoms with E-state index in [1.54, 1.807) is 0 Å². The van der Waals surface area contributed by atoms with Gasteiger partial charge in [0.2, 0.25) is 5.91 Å². The van der Waals surface area contributed by atoms with Gasteiger partial charge in [-0.05, 0) is 24.6 Å². The summed E-state index contributed by atoms with van der Waals surface area (Å²) in [6.07, 6.45) is -0.445. The van der Waals surface area contributed by atoms with Crippen LogP contribution in [0.3, 0.4) is 0 Å². The van der Waals surface area contributed by atoms with Crippen LogP contribution in [0.2, 0.25) is 0 Å². The maximum atomic E-state index is 12.1. The first kappa shape index (κ1) is 18.4. The van der Waals surface area contributed by atoms with Crippen LogP contribution >= 0.6 is 12.4 Å². The van der Waals surface area contributed by atoms with Gasteiger partial charge >= 0.3 is 0 Å². The fraction of sp³-hybridized carbons (Fsp3) is 0.467. The van der Waals surface area contributed by atoms with E-state index in [2.05, 4.69) is 16.0 Å². The number of hydrogen-bond donors (Lipinski definition) is 3. The molecule has 2 amide bonds. The summed E-state index contributed by atoms with van der Waals surface area (Å²) in [5.74, 6) is -0.245. The van der Waals surface area contributed by atoms with Gasteiger partial charge in [-0.15, -0.1) is 12.4 Å². The van der Waals surface area contributed by atoms with Gasteiger partial charge in [0, 0.05) is 25.7 Å². The van der Waals surface area contributed by atoms with Crippen LogP contribution < -0.4 is 16.0 Å². The summed E-state index contributed by atoms with van der Waals surface area (Å²) in [5, 5.41) is 8.79. The van der Waals surface area contributed by atoms with E-state index in [0.29, 0.717) is 13.2 Å². The molecule has 0 aliphatic carbocycles. The fourth-order valence-electron chi connectivity index (χ4n) is 2.21. The zero-order chi connectivity index (χ0) is 15.2. The van der Waals surface area contributed by atoms with Crippen LogP contribution in [0.15, 0.2) is 24.3 Å². The molecule has 0 saturated carbocycles. The van der Waals surface area contributed by atoms with Crippen LogP contribution in [0.25, 0.3) is 0 Å². The molecular formula is C15H22ClN3O3. The minimum atomic E-state index is -0.445. The summed E-state index contributed by atoms with van der Waals surface area (Å²) in [5.41, 5.74) is 1.65. The highest BCUT2D eigenvalue weighted by Gasteiger charge is 2.23. The number of amides is 2. The Morgan fingerprint density at radius 3 is 2.82 bits per heavy atom. The maximum absolute atomic E-state index is 12.1. The van der Waals surface area contributed by atoms with Crippen molar-refractivity contribution in [2.45, 2.75) is 26.0 Å². The number of benzene rings is 1. The number of hydrogen-bond acceptors (Lipinski definition) is 4. The first-order valence-electron chi connectivity index (χ1n) is 7.06. The number of morpholine rings is 1. The Kier molecular flexibility index (Phi) is 7.31. The number of carbonyl (C=O) groups excluding carboxylic acids is 2. The monoisotopic (exact) mass is 327 g/mol. The minimum Gasteiger partial charge on any atom is -0.366 e. The summed E-state index contributed by atoms with van der Waals surface area (Å²) in [4.78, 5) is 23.2. The summed E-state index contributed by atoms with van der Waals surface area (Å²) in [6, 6.07) is 7.27. The predicted octanol–water partition coefficient (Wildman–Crippen LogP) is 1.23. The van der Waals surface area contributed by atoms with Crippen molar-refractivity contribution in [2.75, 3.05) is 25.0 Å². The molecule has 0 radical (unpaired) electrons. The van der Waals surface area contributed by atoms with Gasteiger partial charge in [0.05, 0.1) is 12.6 Å². The zero-order valence-corrected chi connectivity index (χ0v) is 13.5. The van der Waals surface area contributed by atoms with E-state index in [0.717, 1.165) is 17.8 Å². The smallest absolute Gasteiger partial charge is 0.250 e. The van der Waals surface area contributed by atoms with E-state index >= 15 is 0 Å². The molecule has 0 aromatic heterocycles. The second kappa shape index (κ2) is 8.73. The molecule has 2 atom stereocenters. The molecule has 22 heavy (non-hydrogen) atoms. The molecule has 2 rings (SSSR count). The lowest BCUT2D eigenvalue weighted by Crippen LogP contribution is -2.48. The van der Waals surface area contributed by atoms with Gasteiger partial charge in [-0.1, -0.05) is 12.1 Å². The van der Waals surface area contributed by atoms with E-state index in [-0.39, 0.29) is 30.3 Å².